The van der Waals surface area contributed by atoms with Gasteiger partial charge in [0.25, 0.3) is 0 Å². The number of pyridine rings is 1. The van der Waals surface area contributed by atoms with Crippen molar-refractivity contribution in [1.82, 2.24) is 4.98 Å². The molecule has 1 aromatic heterocycles. The lowest BCUT2D eigenvalue weighted by atomic mass is 10.2. The quantitative estimate of drug-likeness (QED) is 0.627. The number of hydroxylamine groups is 1. The number of hydrogen-bond acceptors (Lipinski definition) is 3. The molecule has 0 saturated carbocycles. The molecule has 0 atom stereocenters. The normalized spacial score (nSPS) is 11.2. The van der Waals surface area contributed by atoms with Crippen LogP contribution >= 0.6 is 15.9 Å². The number of amides is 1. The molecule has 0 radical (unpaired) electrons. The average molecular weight is 273 g/mol. The maximum absolute atomic E-state index is 10.9. The van der Waals surface area contributed by atoms with E-state index in [4.69, 9.17) is 4.84 Å². The Morgan fingerprint density at radius 3 is 2.67 bits per heavy atom. The fraction of sp³-hybridized carbons (Fsp3) is 0.400. The second-order valence-electron chi connectivity index (χ2n) is 3.96. The molecule has 4 nitrogen and oxygen atoms in total. The van der Waals surface area contributed by atoms with Gasteiger partial charge in [-0.2, -0.15) is 5.06 Å². The van der Waals surface area contributed by atoms with Gasteiger partial charge in [0.1, 0.15) is 0 Å². The fourth-order valence-electron chi connectivity index (χ4n) is 0.969. The van der Waals surface area contributed by atoms with Crippen LogP contribution in [0.3, 0.4) is 0 Å². The summed E-state index contributed by atoms with van der Waals surface area (Å²) in [4.78, 5) is 20.3. The fourth-order valence-corrected chi connectivity index (χ4v) is 1.39. The molecule has 15 heavy (non-hydrogen) atoms. The lowest BCUT2D eigenvalue weighted by molar-refractivity contribution is -0.120. The van der Waals surface area contributed by atoms with Crippen molar-refractivity contribution >= 4 is 28.0 Å². The molecule has 82 valence electrons. The summed E-state index contributed by atoms with van der Waals surface area (Å²) in [6.45, 7) is 5.62. The van der Waals surface area contributed by atoms with Crippen molar-refractivity contribution in [2.45, 2.75) is 26.4 Å². The van der Waals surface area contributed by atoms with Crippen LogP contribution in [0.25, 0.3) is 0 Å². The summed E-state index contributed by atoms with van der Waals surface area (Å²) in [7, 11) is 0. The summed E-state index contributed by atoms with van der Waals surface area (Å²) in [6.07, 6.45) is 3.84. The first-order chi connectivity index (χ1) is 6.94. The van der Waals surface area contributed by atoms with E-state index in [1.165, 1.54) is 5.06 Å². The Labute approximate surface area is 97.3 Å². The number of carbonyl (C=O) groups is 1. The summed E-state index contributed by atoms with van der Waals surface area (Å²) in [5.41, 5.74) is 0.207. The summed E-state index contributed by atoms with van der Waals surface area (Å²) >= 11 is 3.30. The minimum atomic E-state index is -0.427. The zero-order valence-corrected chi connectivity index (χ0v) is 10.5. The Bertz CT molecular complexity index is 350. The van der Waals surface area contributed by atoms with Crippen LogP contribution in [0, 0.1) is 0 Å². The highest BCUT2D eigenvalue weighted by Crippen LogP contribution is 2.25. The van der Waals surface area contributed by atoms with E-state index in [0.29, 0.717) is 16.6 Å². The Kier molecular flexibility index (Phi) is 3.82. The summed E-state index contributed by atoms with van der Waals surface area (Å²) < 4.78 is 0.710. The van der Waals surface area contributed by atoms with E-state index in [0.717, 1.165) is 0 Å². The van der Waals surface area contributed by atoms with E-state index in [-0.39, 0.29) is 0 Å². The van der Waals surface area contributed by atoms with Crippen molar-refractivity contribution in [3.63, 3.8) is 0 Å². The Morgan fingerprint density at radius 1 is 1.53 bits per heavy atom. The molecule has 1 heterocycles. The van der Waals surface area contributed by atoms with Gasteiger partial charge in [0.2, 0.25) is 6.41 Å². The molecule has 0 aliphatic heterocycles. The maximum Gasteiger partial charge on any atom is 0.238 e. The molecule has 1 amide bonds. The second-order valence-corrected chi connectivity index (χ2v) is 4.82. The lowest BCUT2D eigenvalue weighted by Crippen LogP contribution is -2.33. The molecule has 0 fully saturated rings. The van der Waals surface area contributed by atoms with E-state index in [1.54, 1.807) is 18.5 Å². The number of halogens is 1. The van der Waals surface area contributed by atoms with Crippen LogP contribution in [0.4, 0.5) is 5.69 Å². The molecule has 0 aromatic carbocycles. The molecule has 5 heteroatoms. The van der Waals surface area contributed by atoms with Crippen molar-refractivity contribution in [1.29, 1.82) is 0 Å². The molecule has 1 aromatic rings. The minimum Gasteiger partial charge on any atom is -0.276 e. The van der Waals surface area contributed by atoms with Crippen molar-refractivity contribution in [3.05, 3.63) is 22.9 Å². The summed E-state index contributed by atoms with van der Waals surface area (Å²) in [5, 5.41) is 1.19. The van der Waals surface area contributed by atoms with E-state index < -0.39 is 5.60 Å². The van der Waals surface area contributed by atoms with Gasteiger partial charge in [-0.05, 0) is 42.8 Å². The first-order valence-corrected chi connectivity index (χ1v) is 5.26. The topological polar surface area (TPSA) is 42.4 Å². The van der Waals surface area contributed by atoms with E-state index in [1.807, 2.05) is 20.8 Å². The molecule has 1 rings (SSSR count). The van der Waals surface area contributed by atoms with Gasteiger partial charge in [-0.1, -0.05) is 0 Å². The zero-order chi connectivity index (χ0) is 11.5. The van der Waals surface area contributed by atoms with Gasteiger partial charge in [0.05, 0.1) is 15.8 Å². The van der Waals surface area contributed by atoms with Gasteiger partial charge < -0.3 is 0 Å². The van der Waals surface area contributed by atoms with Crippen LogP contribution in [-0.4, -0.2) is 17.0 Å². The molecule has 0 unspecified atom stereocenters. The number of nitrogens with zero attached hydrogens (tertiary/aromatic N) is 2. The van der Waals surface area contributed by atoms with Gasteiger partial charge >= 0.3 is 0 Å². The average Bonchev–Trinajstić information content (AvgIpc) is 2.14. The Hall–Kier alpha value is -0.940. The van der Waals surface area contributed by atoms with Gasteiger partial charge in [-0.3, -0.25) is 14.6 Å². The van der Waals surface area contributed by atoms with Crippen molar-refractivity contribution < 1.29 is 9.63 Å². The number of hydrogen-bond donors (Lipinski definition) is 0. The Balaban J connectivity index is 2.93. The molecule has 0 aliphatic rings. The molecule has 0 spiro atoms. The summed E-state index contributed by atoms with van der Waals surface area (Å²) in [6, 6.07) is 1.70. The highest BCUT2D eigenvalue weighted by atomic mass is 79.9. The first kappa shape index (κ1) is 12.1. The number of aromatic nitrogens is 1. The third-order valence-corrected chi connectivity index (χ3v) is 2.07. The molecule has 0 N–H and O–H groups in total. The van der Waals surface area contributed by atoms with Crippen molar-refractivity contribution in [3.8, 4) is 0 Å². The third-order valence-electron chi connectivity index (χ3n) is 1.46. The highest BCUT2D eigenvalue weighted by Gasteiger charge is 2.18. The van der Waals surface area contributed by atoms with Gasteiger partial charge in [0.15, 0.2) is 0 Å². The Morgan fingerprint density at radius 2 is 2.20 bits per heavy atom. The smallest absolute Gasteiger partial charge is 0.238 e. The predicted molar refractivity (Wildman–Crippen MR) is 61.3 cm³/mol. The van der Waals surface area contributed by atoms with Crippen LogP contribution in [0.15, 0.2) is 22.9 Å². The summed E-state index contributed by atoms with van der Waals surface area (Å²) in [5.74, 6) is 0. The predicted octanol–water partition coefficient (Wildman–Crippen LogP) is 2.54. The first-order valence-electron chi connectivity index (χ1n) is 4.47. The third kappa shape index (κ3) is 3.60. The molecular formula is C10H13BrN2O2. The molecular weight excluding hydrogens is 260 g/mol. The molecule has 0 aliphatic carbocycles. The van der Waals surface area contributed by atoms with E-state index >= 15 is 0 Å². The number of anilines is 1. The van der Waals surface area contributed by atoms with Gasteiger partial charge in [-0.15, -0.1) is 0 Å². The van der Waals surface area contributed by atoms with Crippen LogP contribution in [0.1, 0.15) is 20.8 Å². The van der Waals surface area contributed by atoms with Crippen molar-refractivity contribution in [2.24, 2.45) is 0 Å². The standard InChI is InChI=1S/C10H13BrN2O2/c1-10(2,3)15-13(7-14)9-4-5-12-6-8(9)11/h4-7H,1-3H3. The van der Waals surface area contributed by atoms with E-state index in [2.05, 4.69) is 20.9 Å². The lowest BCUT2D eigenvalue weighted by Gasteiger charge is -2.26. The largest absolute Gasteiger partial charge is 0.276 e. The van der Waals surface area contributed by atoms with Gasteiger partial charge in [0, 0.05) is 12.4 Å². The van der Waals surface area contributed by atoms with Crippen LogP contribution < -0.4 is 5.06 Å². The van der Waals surface area contributed by atoms with Crippen LogP contribution in [0.5, 0.6) is 0 Å². The van der Waals surface area contributed by atoms with Crippen LogP contribution in [0.2, 0.25) is 0 Å². The van der Waals surface area contributed by atoms with E-state index in [9.17, 15) is 4.79 Å². The monoisotopic (exact) mass is 272 g/mol. The second kappa shape index (κ2) is 4.72. The number of rotatable bonds is 3. The zero-order valence-electron chi connectivity index (χ0n) is 8.90. The minimum absolute atomic E-state index is 0.427. The van der Waals surface area contributed by atoms with Crippen molar-refractivity contribution in [2.75, 3.05) is 5.06 Å². The SMILES string of the molecule is CC(C)(C)ON(C=O)c1ccncc1Br. The maximum atomic E-state index is 10.9. The highest BCUT2D eigenvalue weighted by molar-refractivity contribution is 9.10. The van der Waals surface area contributed by atoms with Crippen LogP contribution in [-0.2, 0) is 9.63 Å². The molecule has 0 bridgehead atoms. The number of carbonyl (C=O) groups excluding carboxylic acids is 1. The van der Waals surface area contributed by atoms with Gasteiger partial charge in [-0.25, -0.2) is 0 Å². The molecule has 0 saturated heterocycles.